The first kappa shape index (κ1) is 14.7. The molecule has 0 atom stereocenters. The first-order chi connectivity index (χ1) is 8.72. The van der Waals surface area contributed by atoms with Crippen LogP contribution in [0.25, 0.3) is 0 Å². The fraction of sp³-hybridized carbons (Fsp3) is 0.615. The molecule has 0 unspecified atom stereocenters. The van der Waals surface area contributed by atoms with Gasteiger partial charge in [-0.2, -0.15) is 0 Å². The fourth-order valence-corrected chi connectivity index (χ4v) is 1.74. The van der Waals surface area contributed by atoms with E-state index in [4.69, 9.17) is 9.47 Å². The van der Waals surface area contributed by atoms with Gasteiger partial charge < -0.3 is 14.8 Å². The summed E-state index contributed by atoms with van der Waals surface area (Å²) in [4.78, 5) is 6.56. The normalized spacial score (nSPS) is 10.7. The molecule has 0 bridgehead atoms. The first-order valence-corrected chi connectivity index (χ1v) is 6.18. The lowest BCUT2D eigenvalue weighted by Crippen LogP contribution is -2.29. The van der Waals surface area contributed by atoms with Crippen molar-refractivity contribution >= 4 is 0 Å². The molecule has 0 saturated carbocycles. The Kier molecular flexibility index (Phi) is 6.46. The Morgan fingerprint density at radius 2 is 2.11 bits per heavy atom. The highest BCUT2D eigenvalue weighted by atomic mass is 16.5. The number of hydrogen-bond acceptors (Lipinski definition) is 5. The molecule has 0 aromatic carbocycles. The SMILES string of the molecule is CCNCCN(C)Cc1nccc(OC)c1OC. The maximum Gasteiger partial charge on any atom is 0.183 e. The highest BCUT2D eigenvalue weighted by Gasteiger charge is 2.12. The van der Waals surface area contributed by atoms with E-state index in [1.165, 1.54) is 0 Å². The van der Waals surface area contributed by atoms with E-state index in [9.17, 15) is 0 Å². The van der Waals surface area contributed by atoms with E-state index in [1.807, 2.05) is 0 Å². The number of aromatic nitrogens is 1. The van der Waals surface area contributed by atoms with Gasteiger partial charge in [0.15, 0.2) is 11.5 Å². The van der Waals surface area contributed by atoms with E-state index in [0.717, 1.165) is 43.4 Å². The molecular weight excluding hydrogens is 230 g/mol. The Morgan fingerprint density at radius 1 is 1.33 bits per heavy atom. The summed E-state index contributed by atoms with van der Waals surface area (Å²) in [6, 6.07) is 1.81. The molecule has 1 aromatic rings. The van der Waals surface area contributed by atoms with Gasteiger partial charge in [0.05, 0.1) is 14.2 Å². The van der Waals surface area contributed by atoms with Crippen LogP contribution < -0.4 is 14.8 Å². The van der Waals surface area contributed by atoms with Gasteiger partial charge in [0.1, 0.15) is 5.69 Å². The quantitative estimate of drug-likeness (QED) is 0.704. The van der Waals surface area contributed by atoms with Crippen molar-refractivity contribution in [3.63, 3.8) is 0 Å². The lowest BCUT2D eigenvalue weighted by atomic mass is 10.3. The van der Waals surface area contributed by atoms with Crippen LogP contribution in [0.1, 0.15) is 12.6 Å². The van der Waals surface area contributed by atoms with E-state index in [1.54, 1.807) is 26.5 Å². The molecule has 1 aromatic heterocycles. The van der Waals surface area contributed by atoms with Gasteiger partial charge in [-0.15, -0.1) is 0 Å². The topological polar surface area (TPSA) is 46.6 Å². The third kappa shape index (κ3) is 4.16. The van der Waals surface area contributed by atoms with Gasteiger partial charge in [0.25, 0.3) is 0 Å². The van der Waals surface area contributed by atoms with Gasteiger partial charge >= 0.3 is 0 Å². The highest BCUT2D eigenvalue weighted by Crippen LogP contribution is 2.29. The number of likely N-dealkylation sites (N-methyl/N-ethyl adjacent to an activating group) is 2. The molecular formula is C13H23N3O2. The summed E-state index contributed by atoms with van der Waals surface area (Å²) in [5.74, 6) is 1.44. The smallest absolute Gasteiger partial charge is 0.183 e. The van der Waals surface area contributed by atoms with Crippen LogP contribution in [-0.4, -0.2) is 50.8 Å². The van der Waals surface area contributed by atoms with Gasteiger partial charge in [0, 0.05) is 31.9 Å². The summed E-state index contributed by atoms with van der Waals surface area (Å²) in [5, 5.41) is 3.30. The van der Waals surface area contributed by atoms with Crippen LogP contribution in [0.15, 0.2) is 12.3 Å². The van der Waals surface area contributed by atoms with Crippen molar-refractivity contribution in [1.29, 1.82) is 0 Å². The summed E-state index contributed by atoms with van der Waals surface area (Å²) in [7, 11) is 5.34. The molecule has 0 aliphatic heterocycles. The Balaban J connectivity index is 2.65. The van der Waals surface area contributed by atoms with Crippen LogP contribution in [-0.2, 0) is 6.54 Å². The van der Waals surface area contributed by atoms with Gasteiger partial charge in [-0.1, -0.05) is 6.92 Å². The molecule has 18 heavy (non-hydrogen) atoms. The van der Waals surface area contributed by atoms with E-state index >= 15 is 0 Å². The zero-order valence-corrected chi connectivity index (χ0v) is 11.7. The molecule has 1 N–H and O–H groups in total. The predicted molar refractivity (Wildman–Crippen MR) is 72.2 cm³/mol. The minimum Gasteiger partial charge on any atom is -0.493 e. The van der Waals surface area contributed by atoms with Crippen molar-refractivity contribution in [3.05, 3.63) is 18.0 Å². The van der Waals surface area contributed by atoms with Crippen molar-refractivity contribution in [1.82, 2.24) is 15.2 Å². The Labute approximate surface area is 109 Å². The van der Waals surface area contributed by atoms with Crippen LogP contribution >= 0.6 is 0 Å². The zero-order valence-electron chi connectivity index (χ0n) is 11.7. The molecule has 0 radical (unpaired) electrons. The average Bonchev–Trinajstić information content (AvgIpc) is 2.38. The number of nitrogens with zero attached hydrogens (tertiary/aromatic N) is 2. The van der Waals surface area contributed by atoms with E-state index in [2.05, 4.69) is 29.2 Å². The number of pyridine rings is 1. The largest absolute Gasteiger partial charge is 0.493 e. The number of ether oxygens (including phenoxy) is 2. The number of hydrogen-bond donors (Lipinski definition) is 1. The van der Waals surface area contributed by atoms with E-state index in [0.29, 0.717) is 0 Å². The van der Waals surface area contributed by atoms with E-state index < -0.39 is 0 Å². The second-order valence-corrected chi connectivity index (χ2v) is 4.08. The molecule has 1 rings (SSSR count). The summed E-state index contributed by atoms with van der Waals surface area (Å²) >= 11 is 0. The second-order valence-electron chi connectivity index (χ2n) is 4.08. The molecule has 102 valence electrons. The molecule has 0 aliphatic rings. The Bertz CT molecular complexity index is 358. The lowest BCUT2D eigenvalue weighted by Gasteiger charge is -2.18. The minimum absolute atomic E-state index is 0.718. The number of nitrogens with one attached hydrogen (secondary N) is 1. The molecule has 5 heteroatoms. The number of rotatable bonds is 8. The molecule has 0 spiro atoms. The average molecular weight is 253 g/mol. The van der Waals surface area contributed by atoms with Crippen molar-refractivity contribution in [2.24, 2.45) is 0 Å². The van der Waals surface area contributed by atoms with Gasteiger partial charge in [-0.3, -0.25) is 9.88 Å². The summed E-state index contributed by atoms with van der Waals surface area (Å²) in [6.07, 6.45) is 1.74. The summed E-state index contributed by atoms with van der Waals surface area (Å²) in [6.45, 7) is 5.78. The fourth-order valence-electron chi connectivity index (χ4n) is 1.74. The zero-order chi connectivity index (χ0) is 13.4. The third-order valence-corrected chi connectivity index (χ3v) is 2.71. The monoisotopic (exact) mass is 253 g/mol. The molecule has 1 heterocycles. The Morgan fingerprint density at radius 3 is 2.72 bits per heavy atom. The molecule has 0 aliphatic carbocycles. The minimum atomic E-state index is 0.718. The van der Waals surface area contributed by atoms with Crippen LogP contribution in [0.5, 0.6) is 11.5 Å². The van der Waals surface area contributed by atoms with Gasteiger partial charge in [-0.25, -0.2) is 0 Å². The van der Waals surface area contributed by atoms with Crippen molar-refractivity contribution in [3.8, 4) is 11.5 Å². The Hall–Kier alpha value is -1.33. The third-order valence-electron chi connectivity index (χ3n) is 2.71. The van der Waals surface area contributed by atoms with Gasteiger partial charge in [-0.05, 0) is 13.6 Å². The lowest BCUT2D eigenvalue weighted by molar-refractivity contribution is 0.303. The van der Waals surface area contributed by atoms with Crippen LogP contribution in [0.3, 0.4) is 0 Å². The van der Waals surface area contributed by atoms with Crippen LogP contribution in [0, 0.1) is 0 Å². The molecule has 0 fully saturated rings. The van der Waals surface area contributed by atoms with E-state index in [-0.39, 0.29) is 0 Å². The maximum absolute atomic E-state index is 5.36. The van der Waals surface area contributed by atoms with Crippen LogP contribution in [0.4, 0.5) is 0 Å². The van der Waals surface area contributed by atoms with Crippen molar-refractivity contribution in [2.75, 3.05) is 40.9 Å². The predicted octanol–water partition coefficient (Wildman–Crippen LogP) is 1.14. The molecule has 5 nitrogen and oxygen atoms in total. The first-order valence-electron chi connectivity index (χ1n) is 6.18. The van der Waals surface area contributed by atoms with Gasteiger partial charge in [0.2, 0.25) is 0 Å². The number of methoxy groups -OCH3 is 2. The molecule has 0 saturated heterocycles. The summed E-state index contributed by atoms with van der Waals surface area (Å²) in [5.41, 5.74) is 0.899. The van der Waals surface area contributed by atoms with Crippen molar-refractivity contribution < 1.29 is 9.47 Å². The van der Waals surface area contributed by atoms with Crippen molar-refractivity contribution in [2.45, 2.75) is 13.5 Å². The summed E-state index contributed by atoms with van der Waals surface area (Å²) < 4.78 is 10.6. The van der Waals surface area contributed by atoms with Crippen LogP contribution in [0.2, 0.25) is 0 Å². The molecule has 0 amide bonds. The second kappa shape index (κ2) is 7.89. The maximum atomic E-state index is 5.36. The standard InChI is InChI=1S/C13H23N3O2/c1-5-14-8-9-16(2)10-11-13(18-4)12(17-3)6-7-15-11/h6-7,14H,5,8-10H2,1-4H3. The highest BCUT2D eigenvalue weighted by molar-refractivity contribution is 5.42.